The van der Waals surface area contributed by atoms with Crippen LogP contribution in [0.4, 0.5) is 0 Å². The van der Waals surface area contributed by atoms with Crippen LogP contribution in [0, 0.1) is 5.92 Å². The number of ether oxygens (including phenoxy) is 1. The minimum absolute atomic E-state index is 0.576. The van der Waals surface area contributed by atoms with E-state index in [2.05, 4.69) is 18.2 Å². The van der Waals surface area contributed by atoms with Gasteiger partial charge in [0.05, 0.1) is 0 Å². The largest absolute Gasteiger partial charge is 0.492 e. The van der Waals surface area contributed by atoms with Crippen molar-refractivity contribution in [2.75, 3.05) is 13.2 Å². The predicted molar refractivity (Wildman–Crippen MR) is 85.1 cm³/mol. The Morgan fingerprint density at radius 1 is 1.05 bits per heavy atom. The molecule has 20 heavy (non-hydrogen) atoms. The monoisotopic (exact) mass is 275 g/mol. The van der Waals surface area contributed by atoms with E-state index in [-0.39, 0.29) is 0 Å². The summed E-state index contributed by atoms with van der Waals surface area (Å²) >= 11 is 0. The summed E-state index contributed by atoms with van der Waals surface area (Å²) in [6, 6.07) is 8.52. The summed E-state index contributed by atoms with van der Waals surface area (Å²) in [7, 11) is 0. The summed E-state index contributed by atoms with van der Waals surface area (Å²) < 4.78 is 5.60. The van der Waals surface area contributed by atoms with Crippen molar-refractivity contribution in [1.29, 1.82) is 0 Å². The van der Waals surface area contributed by atoms with Crippen molar-refractivity contribution >= 4 is 0 Å². The molecule has 2 nitrogen and oxygen atoms in total. The second-order valence-corrected chi connectivity index (χ2v) is 6.03. The Balaban J connectivity index is 1.79. The Morgan fingerprint density at radius 3 is 2.55 bits per heavy atom. The van der Waals surface area contributed by atoms with Crippen LogP contribution >= 0.6 is 0 Å². The first kappa shape index (κ1) is 15.4. The minimum Gasteiger partial charge on any atom is -0.492 e. The van der Waals surface area contributed by atoms with Gasteiger partial charge in [0.1, 0.15) is 12.4 Å². The molecule has 1 aliphatic carbocycles. The quantitative estimate of drug-likeness (QED) is 0.839. The lowest BCUT2D eigenvalue weighted by molar-refractivity contribution is 0.327. The number of hydrogen-bond donors (Lipinski definition) is 1. The van der Waals surface area contributed by atoms with Crippen molar-refractivity contribution in [1.82, 2.24) is 0 Å². The van der Waals surface area contributed by atoms with Crippen LogP contribution < -0.4 is 10.5 Å². The van der Waals surface area contributed by atoms with Crippen LogP contribution in [0.3, 0.4) is 0 Å². The molecule has 0 unspecified atom stereocenters. The van der Waals surface area contributed by atoms with Crippen molar-refractivity contribution in [3.8, 4) is 5.75 Å². The summed E-state index contributed by atoms with van der Waals surface area (Å²) in [5, 5.41) is 0. The Bertz CT molecular complexity index is 369. The summed E-state index contributed by atoms with van der Waals surface area (Å²) in [5.41, 5.74) is 6.88. The van der Waals surface area contributed by atoms with Crippen LogP contribution in [0.5, 0.6) is 5.75 Å². The number of benzene rings is 1. The lowest BCUT2D eigenvalue weighted by atomic mass is 9.87. The summed E-state index contributed by atoms with van der Waals surface area (Å²) in [6.07, 6.45) is 12.6. The van der Waals surface area contributed by atoms with Gasteiger partial charge in [-0.15, -0.1) is 0 Å². The fourth-order valence-corrected chi connectivity index (χ4v) is 3.17. The molecule has 1 aromatic carbocycles. The molecule has 0 amide bonds. The highest BCUT2D eigenvalue weighted by molar-refractivity contribution is 5.28. The van der Waals surface area contributed by atoms with Gasteiger partial charge in [-0.05, 0) is 36.5 Å². The van der Waals surface area contributed by atoms with Gasteiger partial charge < -0.3 is 10.5 Å². The normalized spacial score (nSPS) is 17.4. The number of rotatable bonds is 6. The van der Waals surface area contributed by atoms with E-state index >= 15 is 0 Å². The molecule has 0 radical (unpaired) electrons. The molecular formula is C18H29NO. The van der Waals surface area contributed by atoms with Gasteiger partial charge in [0.25, 0.3) is 0 Å². The Morgan fingerprint density at radius 2 is 1.80 bits per heavy atom. The van der Waals surface area contributed by atoms with Gasteiger partial charge in [-0.3, -0.25) is 0 Å². The van der Waals surface area contributed by atoms with E-state index in [1.807, 2.05) is 6.07 Å². The molecule has 1 aromatic rings. The van der Waals surface area contributed by atoms with Gasteiger partial charge in [-0.25, -0.2) is 0 Å². The fraction of sp³-hybridized carbons (Fsp3) is 0.667. The molecule has 0 atom stereocenters. The van der Waals surface area contributed by atoms with Crippen molar-refractivity contribution in [2.24, 2.45) is 11.7 Å². The molecule has 0 heterocycles. The van der Waals surface area contributed by atoms with Gasteiger partial charge >= 0.3 is 0 Å². The fourth-order valence-electron chi connectivity index (χ4n) is 3.17. The Hall–Kier alpha value is -1.02. The first-order valence-corrected chi connectivity index (χ1v) is 8.30. The first-order chi connectivity index (χ1) is 9.88. The maximum Gasteiger partial charge on any atom is 0.119 e. The Labute approximate surface area is 123 Å². The van der Waals surface area contributed by atoms with Crippen LogP contribution in [0.2, 0.25) is 0 Å². The van der Waals surface area contributed by atoms with Crippen molar-refractivity contribution in [3.63, 3.8) is 0 Å². The molecule has 0 aliphatic heterocycles. The molecule has 0 aromatic heterocycles. The van der Waals surface area contributed by atoms with E-state index in [1.54, 1.807) is 0 Å². The summed E-state index contributed by atoms with van der Waals surface area (Å²) in [6.45, 7) is 1.18. The summed E-state index contributed by atoms with van der Waals surface area (Å²) in [4.78, 5) is 0. The molecule has 112 valence electrons. The average molecular weight is 275 g/mol. The van der Waals surface area contributed by atoms with Crippen molar-refractivity contribution in [3.05, 3.63) is 29.8 Å². The number of hydrogen-bond acceptors (Lipinski definition) is 2. The molecule has 2 N–H and O–H groups in total. The van der Waals surface area contributed by atoms with Crippen molar-refractivity contribution in [2.45, 2.75) is 57.8 Å². The van der Waals surface area contributed by atoms with Crippen LogP contribution in [-0.2, 0) is 6.42 Å². The van der Waals surface area contributed by atoms with Gasteiger partial charge in [0, 0.05) is 6.54 Å². The zero-order valence-corrected chi connectivity index (χ0v) is 12.7. The van der Waals surface area contributed by atoms with E-state index < -0.39 is 0 Å². The predicted octanol–water partition coefficient (Wildman–Crippen LogP) is 4.32. The molecular weight excluding hydrogens is 246 g/mol. The molecule has 0 bridgehead atoms. The molecule has 1 aliphatic rings. The molecule has 2 heteroatoms. The zero-order valence-electron chi connectivity index (χ0n) is 12.7. The maximum atomic E-state index is 5.60. The van der Waals surface area contributed by atoms with Crippen LogP contribution in [0.15, 0.2) is 24.3 Å². The van der Waals surface area contributed by atoms with E-state index in [0.717, 1.165) is 11.7 Å². The van der Waals surface area contributed by atoms with Crippen LogP contribution in [0.1, 0.15) is 56.9 Å². The third-order valence-corrected chi connectivity index (χ3v) is 4.35. The Kier molecular flexibility index (Phi) is 6.93. The SMILES string of the molecule is NCCOc1cccc(CCC2CCCCCCC2)c1. The third kappa shape index (κ3) is 5.54. The van der Waals surface area contributed by atoms with E-state index in [9.17, 15) is 0 Å². The van der Waals surface area contributed by atoms with Gasteiger partial charge in [0.2, 0.25) is 0 Å². The molecule has 2 rings (SSSR count). The third-order valence-electron chi connectivity index (χ3n) is 4.35. The average Bonchev–Trinajstić information content (AvgIpc) is 2.44. The van der Waals surface area contributed by atoms with Gasteiger partial charge in [0.15, 0.2) is 0 Å². The molecule has 1 fully saturated rings. The highest BCUT2D eigenvalue weighted by Gasteiger charge is 2.11. The smallest absolute Gasteiger partial charge is 0.119 e. The van der Waals surface area contributed by atoms with Gasteiger partial charge in [-0.2, -0.15) is 0 Å². The number of nitrogens with two attached hydrogens (primary N) is 1. The second-order valence-electron chi connectivity index (χ2n) is 6.03. The molecule has 1 saturated carbocycles. The van der Waals surface area contributed by atoms with Crippen molar-refractivity contribution < 1.29 is 4.74 Å². The lowest BCUT2D eigenvalue weighted by Gasteiger charge is -2.19. The maximum absolute atomic E-state index is 5.60. The molecule has 0 saturated heterocycles. The van der Waals surface area contributed by atoms with Crippen LogP contribution in [0.25, 0.3) is 0 Å². The van der Waals surface area contributed by atoms with Crippen LogP contribution in [-0.4, -0.2) is 13.2 Å². The number of aryl methyl sites for hydroxylation is 1. The topological polar surface area (TPSA) is 35.2 Å². The molecule has 0 spiro atoms. The standard InChI is InChI=1S/C18H29NO/c19-13-14-20-18-10-6-9-17(15-18)12-11-16-7-4-2-1-3-5-8-16/h6,9-10,15-16H,1-5,7-8,11-14,19H2. The second kappa shape index (κ2) is 9.02. The van der Waals surface area contributed by atoms with Gasteiger partial charge in [-0.1, -0.05) is 57.1 Å². The highest BCUT2D eigenvalue weighted by Crippen LogP contribution is 2.26. The first-order valence-electron chi connectivity index (χ1n) is 8.30. The van der Waals surface area contributed by atoms with E-state index in [1.165, 1.54) is 63.4 Å². The lowest BCUT2D eigenvalue weighted by Crippen LogP contribution is -2.10. The zero-order chi connectivity index (χ0) is 14.0. The highest BCUT2D eigenvalue weighted by atomic mass is 16.5. The van der Waals surface area contributed by atoms with E-state index in [4.69, 9.17) is 10.5 Å². The minimum atomic E-state index is 0.576. The van der Waals surface area contributed by atoms with E-state index in [0.29, 0.717) is 13.2 Å². The summed E-state index contributed by atoms with van der Waals surface area (Å²) in [5.74, 6) is 1.90.